The molecule has 25 heavy (non-hydrogen) atoms. The van der Waals surface area contributed by atoms with Gasteiger partial charge >= 0.3 is 0 Å². The average molecular weight is 361 g/mol. The van der Waals surface area contributed by atoms with Crippen molar-refractivity contribution in [1.82, 2.24) is 4.90 Å². The predicted octanol–water partition coefficient (Wildman–Crippen LogP) is 3.67. The third-order valence-electron chi connectivity index (χ3n) is 4.49. The number of benzene rings is 2. The molecule has 2 aromatic carbocycles. The number of carbonyl (C=O) groups is 2. The largest absolute Gasteiger partial charge is 0.325 e. The molecule has 1 fully saturated rings. The molecule has 0 aliphatic carbocycles. The molecule has 4 nitrogen and oxygen atoms in total. The topological polar surface area (TPSA) is 40.6 Å². The van der Waals surface area contributed by atoms with Gasteiger partial charge in [-0.15, -0.1) is 0 Å². The zero-order valence-corrected chi connectivity index (χ0v) is 14.8. The van der Waals surface area contributed by atoms with Gasteiger partial charge in [-0.25, -0.2) is 4.39 Å². The quantitative estimate of drug-likeness (QED) is 0.820. The molecule has 2 amide bonds. The Bertz CT molecular complexity index is 840. The van der Waals surface area contributed by atoms with Gasteiger partial charge in [0.1, 0.15) is 11.9 Å². The summed E-state index contributed by atoms with van der Waals surface area (Å²) >= 11 is 6.09. The first-order chi connectivity index (χ1) is 11.9. The summed E-state index contributed by atoms with van der Waals surface area (Å²) in [7, 11) is 0. The molecule has 1 aliphatic rings. The van der Waals surface area contributed by atoms with Crippen molar-refractivity contribution in [2.45, 2.75) is 19.9 Å². The summed E-state index contributed by atoms with van der Waals surface area (Å²) in [6, 6.07) is 10.8. The van der Waals surface area contributed by atoms with Gasteiger partial charge in [0.05, 0.1) is 10.6 Å². The Morgan fingerprint density at radius 3 is 2.60 bits per heavy atom. The van der Waals surface area contributed by atoms with Crippen molar-refractivity contribution in [3.63, 3.8) is 0 Å². The Morgan fingerprint density at radius 2 is 1.92 bits per heavy atom. The van der Waals surface area contributed by atoms with Crippen LogP contribution < -0.4 is 4.90 Å². The summed E-state index contributed by atoms with van der Waals surface area (Å²) in [6.07, 6.45) is 0. The summed E-state index contributed by atoms with van der Waals surface area (Å²) in [6.45, 7) is 4.01. The van der Waals surface area contributed by atoms with E-state index in [9.17, 15) is 14.0 Å². The average Bonchev–Trinajstić information content (AvgIpc) is 2.60. The van der Waals surface area contributed by atoms with E-state index in [1.54, 1.807) is 50.2 Å². The van der Waals surface area contributed by atoms with Crippen molar-refractivity contribution >= 4 is 29.1 Å². The number of hydrogen-bond acceptors (Lipinski definition) is 2. The van der Waals surface area contributed by atoms with Gasteiger partial charge in [-0.2, -0.15) is 0 Å². The van der Waals surface area contributed by atoms with Crippen LogP contribution in [0.1, 0.15) is 22.8 Å². The Balaban J connectivity index is 1.83. The molecule has 1 saturated heterocycles. The van der Waals surface area contributed by atoms with Crippen molar-refractivity contribution in [2.24, 2.45) is 0 Å². The Kier molecular flexibility index (Phi) is 4.77. The zero-order chi connectivity index (χ0) is 18.1. The van der Waals surface area contributed by atoms with Gasteiger partial charge in [-0.05, 0) is 43.7 Å². The summed E-state index contributed by atoms with van der Waals surface area (Å²) in [5.41, 5.74) is 1.40. The van der Waals surface area contributed by atoms with Crippen molar-refractivity contribution in [1.29, 1.82) is 0 Å². The SMILES string of the molecule is Cc1ccc(N2CCN(C(=O)c3ccccc3Cl)[C@@H](C)C2=O)cc1F. The molecule has 2 aromatic rings. The number of nitrogens with zero attached hydrogens (tertiary/aromatic N) is 2. The lowest BCUT2D eigenvalue weighted by atomic mass is 10.1. The smallest absolute Gasteiger partial charge is 0.256 e. The highest BCUT2D eigenvalue weighted by atomic mass is 35.5. The number of piperazine rings is 1. The maximum atomic E-state index is 13.8. The first-order valence-electron chi connectivity index (χ1n) is 8.03. The van der Waals surface area contributed by atoms with Crippen LogP contribution in [-0.2, 0) is 4.79 Å². The van der Waals surface area contributed by atoms with Crippen molar-refractivity contribution in [2.75, 3.05) is 18.0 Å². The van der Waals surface area contributed by atoms with Crippen LogP contribution in [0, 0.1) is 12.7 Å². The second-order valence-electron chi connectivity index (χ2n) is 6.08. The molecule has 0 radical (unpaired) electrons. The second kappa shape index (κ2) is 6.84. The fraction of sp³-hybridized carbons (Fsp3) is 0.263. The zero-order valence-electron chi connectivity index (χ0n) is 14.0. The van der Waals surface area contributed by atoms with Crippen LogP contribution >= 0.6 is 11.6 Å². The van der Waals surface area contributed by atoms with Gasteiger partial charge in [0, 0.05) is 18.8 Å². The van der Waals surface area contributed by atoms with E-state index < -0.39 is 6.04 Å². The summed E-state index contributed by atoms with van der Waals surface area (Å²) in [5.74, 6) is -0.872. The molecule has 0 bridgehead atoms. The van der Waals surface area contributed by atoms with Gasteiger partial charge in [-0.3, -0.25) is 9.59 Å². The molecule has 0 spiro atoms. The fourth-order valence-corrected chi connectivity index (χ4v) is 3.16. The third kappa shape index (κ3) is 3.24. The predicted molar refractivity (Wildman–Crippen MR) is 95.4 cm³/mol. The minimum absolute atomic E-state index is 0.241. The molecule has 130 valence electrons. The molecule has 6 heteroatoms. The second-order valence-corrected chi connectivity index (χ2v) is 6.48. The molecule has 3 rings (SSSR count). The van der Waals surface area contributed by atoms with Crippen LogP contribution in [0.5, 0.6) is 0 Å². The van der Waals surface area contributed by atoms with Crippen molar-refractivity contribution in [3.8, 4) is 0 Å². The number of hydrogen-bond donors (Lipinski definition) is 0. The number of anilines is 1. The molecule has 1 atom stereocenters. The maximum absolute atomic E-state index is 13.8. The summed E-state index contributed by atoms with van der Waals surface area (Å²) in [4.78, 5) is 28.5. The highest BCUT2D eigenvalue weighted by molar-refractivity contribution is 6.33. The van der Waals surface area contributed by atoms with Crippen LogP contribution in [0.3, 0.4) is 0 Å². The molecule has 0 saturated carbocycles. The highest BCUT2D eigenvalue weighted by Crippen LogP contribution is 2.25. The molecule has 0 aromatic heterocycles. The monoisotopic (exact) mass is 360 g/mol. The highest BCUT2D eigenvalue weighted by Gasteiger charge is 2.36. The van der Waals surface area contributed by atoms with E-state index in [1.165, 1.54) is 15.9 Å². The van der Waals surface area contributed by atoms with Crippen LogP contribution in [0.25, 0.3) is 0 Å². The van der Waals surface area contributed by atoms with Gasteiger partial charge in [-0.1, -0.05) is 29.8 Å². The Hall–Kier alpha value is -2.40. The minimum atomic E-state index is -0.651. The van der Waals surface area contributed by atoms with Gasteiger partial charge in [0.25, 0.3) is 5.91 Å². The van der Waals surface area contributed by atoms with E-state index in [2.05, 4.69) is 0 Å². The molecular weight excluding hydrogens is 343 g/mol. The van der Waals surface area contributed by atoms with E-state index in [4.69, 9.17) is 11.6 Å². The number of carbonyl (C=O) groups excluding carboxylic acids is 2. The maximum Gasteiger partial charge on any atom is 0.256 e. The summed E-state index contributed by atoms with van der Waals surface area (Å²) < 4.78 is 13.8. The van der Waals surface area contributed by atoms with Crippen LogP contribution in [0.4, 0.5) is 10.1 Å². The summed E-state index contributed by atoms with van der Waals surface area (Å²) in [5, 5.41) is 0.357. The van der Waals surface area contributed by atoms with Gasteiger partial charge in [0.2, 0.25) is 5.91 Å². The van der Waals surface area contributed by atoms with E-state index >= 15 is 0 Å². The minimum Gasteiger partial charge on any atom is -0.325 e. The van der Waals surface area contributed by atoms with Crippen LogP contribution in [-0.4, -0.2) is 35.8 Å². The lowest BCUT2D eigenvalue weighted by molar-refractivity contribution is -0.124. The lowest BCUT2D eigenvalue weighted by Gasteiger charge is -2.39. The molecule has 1 aliphatic heterocycles. The Labute approximate surface area is 150 Å². The fourth-order valence-electron chi connectivity index (χ4n) is 2.94. The number of aryl methyl sites for hydroxylation is 1. The number of halogens is 2. The lowest BCUT2D eigenvalue weighted by Crippen LogP contribution is -2.57. The van der Waals surface area contributed by atoms with E-state index in [1.807, 2.05) is 0 Å². The van der Waals surface area contributed by atoms with E-state index in [-0.39, 0.29) is 17.6 Å². The van der Waals surface area contributed by atoms with Crippen molar-refractivity contribution < 1.29 is 14.0 Å². The standard InChI is InChI=1S/C19H18ClFN2O2/c1-12-7-8-14(11-17(12)21)23-10-9-22(13(2)18(23)24)19(25)15-5-3-4-6-16(15)20/h3-8,11,13H,9-10H2,1-2H3/t13-/m0/s1. The molecule has 0 N–H and O–H groups in total. The normalized spacial score (nSPS) is 17.8. The van der Waals surface area contributed by atoms with Gasteiger partial charge in [0.15, 0.2) is 0 Å². The van der Waals surface area contributed by atoms with E-state index in [0.717, 1.165) is 0 Å². The molecule has 1 heterocycles. The molecular formula is C19H18ClFN2O2. The third-order valence-corrected chi connectivity index (χ3v) is 4.82. The van der Waals surface area contributed by atoms with Crippen LogP contribution in [0.15, 0.2) is 42.5 Å². The van der Waals surface area contributed by atoms with E-state index in [0.29, 0.717) is 34.9 Å². The first kappa shape index (κ1) is 17.4. The first-order valence-corrected chi connectivity index (χ1v) is 8.41. The van der Waals surface area contributed by atoms with Crippen LogP contribution in [0.2, 0.25) is 5.02 Å². The molecule has 0 unspecified atom stereocenters. The Morgan fingerprint density at radius 1 is 1.20 bits per heavy atom. The number of rotatable bonds is 2. The van der Waals surface area contributed by atoms with Crippen molar-refractivity contribution in [3.05, 3.63) is 64.4 Å². The van der Waals surface area contributed by atoms with Gasteiger partial charge < -0.3 is 9.80 Å². The number of amides is 2.